The van der Waals surface area contributed by atoms with E-state index in [2.05, 4.69) is 29.3 Å². The van der Waals surface area contributed by atoms with Crippen LogP contribution in [0.3, 0.4) is 0 Å². The number of hydrogen-bond acceptors (Lipinski definition) is 6. The number of carbonyl (C=O) groups excluding carboxylic acids is 1. The normalized spacial score (nSPS) is 17.9. The fourth-order valence-corrected chi connectivity index (χ4v) is 3.78. The van der Waals surface area contributed by atoms with Crippen molar-refractivity contribution in [2.24, 2.45) is 0 Å². The van der Waals surface area contributed by atoms with Crippen LogP contribution in [0.5, 0.6) is 0 Å². The molecule has 0 bridgehead atoms. The molecule has 2 aliphatic rings. The Labute approximate surface area is 163 Å². The zero-order valence-electron chi connectivity index (χ0n) is 16.1. The topological polar surface area (TPSA) is 81.8 Å². The molecule has 3 heterocycles. The van der Waals surface area contributed by atoms with Crippen LogP contribution in [0.25, 0.3) is 0 Å². The highest BCUT2D eigenvalue weighted by Crippen LogP contribution is 2.27. The second-order valence-corrected chi connectivity index (χ2v) is 7.20. The number of amides is 1. The zero-order valence-corrected chi connectivity index (χ0v) is 16.1. The summed E-state index contributed by atoms with van der Waals surface area (Å²) >= 11 is 0. The van der Waals surface area contributed by atoms with Crippen LogP contribution in [-0.4, -0.2) is 66.9 Å². The fraction of sp³-hybridized carbons (Fsp3) is 0.450. The summed E-state index contributed by atoms with van der Waals surface area (Å²) < 4.78 is 5.40. The third kappa shape index (κ3) is 3.73. The van der Waals surface area contributed by atoms with E-state index in [0.717, 1.165) is 11.3 Å². The summed E-state index contributed by atoms with van der Waals surface area (Å²) in [4.78, 5) is 31.2. The number of anilines is 2. The van der Waals surface area contributed by atoms with Crippen LogP contribution in [0, 0.1) is 6.92 Å². The van der Waals surface area contributed by atoms with Gasteiger partial charge in [0, 0.05) is 32.7 Å². The summed E-state index contributed by atoms with van der Waals surface area (Å²) in [6, 6.07) is 8.13. The van der Waals surface area contributed by atoms with E-state index in [1.54, 1.807) is 6.20 Å². The lowest BCUT2D eigenvalue weighted by molar-refractivity contribution is -0.131. The molecule has 1 aromatic carbocycles. The van der Waals surface area contributed by atoms with Gasteiger partial charge in [0.1, 0.15) is 5.69 Å². The Kier molecular flexibility index (Phi) is 5.29. The smallest absolute Gasteiger partial charge is 0.289 e. The number of morpholine rings is 1. The first-order chi connectivity index (χ1) is 13.6. The average molecular weight is 383 g/mol. The number of nitrogens with one attached hydrogen (secondary N) is 1. The minimum Gasteiger partial charge on any atom is -0.378 e. The predicted molar refractivity (Wildman–Crippen MR) is 107 cm³/mol. The average Bonchev–Trinajstić information content (AvgIpc) is 2.71. The van der Waals surface area contributed by atoms with Gasteiger partial charge >= 0.3 is 0 Å². The van der Waals surface area contributed by atoms with Gasteiger partial charge in [-0.05, 0) is 18.1 Å². The van der Waals surface area contributed by atoms with Crippen molar-refractivity contribution in [3.8, 4) is 0 Å². The number of carbonyl (C=O) groups is 1. The van der Waals surface area contributed by atoms with E-state index in [9.17, 15) is 9.59 Å². The summed E-state index contributed by atoms with van der Waals surface area (Å²) in [7, 11) is 0. The lowest BCUT2D eigenvalue weighted by Gasteiger charge is -2.38. The minimum absolute atomic E-state index is 0.0581. The van der Waals surface area contributed by atoms with Crippen molar-refractivity contribution >= 4 is 17.3 Å². The number of aryl methyl sites for hydroxylation is 1. The van der Waals surface area contributed by atoms with Crippen LogP contribution < -0.4 is 15.4 Å². The van der Waals surface area contributed by atoms with E-state index < -0.39 is 0 Å². The van der Waals surface area contributed by atoms with Gasteiger partial charge in [-0.1, -0.05) is 24.3 Å². The maximum Gasteiger partial charge on any atom is 0.289 e. The molecule has 148 valence electrons. The van der Waals surface area contributed by atoms with Crippen molar-refractivity contribution in [3.63, 3.8) is 0 Å². The molecule has 2 fully saturated rings. The standard InChI is InChI=1S/C20H25N5O3/c1-15-4-2-3-5-16(15)13-25-7-6-24(14-18(25)26)17-12-21-22-20(27)19(17)23-8-10-28-11-9-23/h2-5,12H,6-11,13-14H2,1H3,(H,22,27). The highest BCUT2D eigenvalue weighted by atomic mass is 16.5. The van der Waals surface area contributed by atoms with Crippen molar-refractivity contribution in [3.05, 3.63) is 51.9 Å². The summed E-state index contributed by atoms with van der Waals surface area (Å²) in [5.74, 6) is 0.0581. The number of aromatic amines is 1. The Balaban J connectivity index is 1.52. The van der Waals surface area contributed by atoms with Gasteiger partial charge in [0.05, 0.1) is 31.6 Å². The Hall–Kier alpha value is -2.87. The van der Waals surface area contributed by atoms with Crippen LogP contribution in [0.4, 0.5) is 11.4 Å². The maximum atomic E-state index is 12.8. The van der Waals surface area contributed by atoms with Crippen molar-refractivity contribution in [1.82, 2.24) is 15.1 Å². The van der Waals surface area contributed by atoms with E-state index in [-0.39, 0.29) is 18.0 Å². The molecule has 2 aromatic rings. The van der Waals surface area contributed by atoms with Crippen LogP contribution in [0.2, 0.25) is 0 Å². The molecule has 1 aromatic heterocycles. The first-order valence-electron chi connectivity index (χ1n) is 9.61. The third-order valence-corrected chi connectivity index (χ3v) is 5.42. The third-order valence-electron chi connectivity index (χ3n) is 5.42. The van der Waals surface area contributed by atoms with Gasteiger partial charge in [-0.3, -0.25) is 9.59 Å². The summed E-state index contributed by atoms with van der Waals surface area (Å²) in [5.41, 5.74) is 3.42. The molecular formula is C20H25N5O3. The number of benzene rings is 1. The molecule has 2 aliphatic heterocycles. The number of ether oxygens (including phenoxy) is 1. The summed E-state index contributed by atoms with van der Waals surface area (Å²) in [5, 5.41) is 6.50. The molecule has 8 heteroatoms. The van der Waals surface area contributed by atoms with E-state index in [1.807, 2.05) is 26.8 Å². The lowest BCUT2D eigenvalue weighted by atomic mass is 10.1. The Morgan fingerprint density at radius 3 is 2.61 bits per heavy atom. The van der Waals surface area contributed by atoms with Crippen LogP contribution in [0.15, 0.2) is 35.3 Å². The molecule has 1 amide bonds. The number of H-pyrrole nitrogens is 1. The van der Waals surface area contributed by atoms with Crippen molar-refractivity contribution in [1.29, 1.82) is 0 Å². The van der Waals surface area contributed by atoms with E-state index in [4.69, 9.17) is 4.74 Å². The van der Waals surface area contributed by atoms with Crippen molar-refractivity contribution < 1.29 is 9.53 Å². The Morgan fingerprint density at radius 1 is 1.07 bits per heavy atom. The number of hydrogen-bond donors (Lipinski definition) is 1. The summed E-state index contributed by atoms with van der Waals surface area (Å²) in [6.07, 6.45) is 1.65. The molecule has 1 N–H and O–H groups in total. The fourth-order valence-electron chi connectivity index (χ4n) is 3.78. The monoisotopic (exact) mass is 383 g/mol. The van der Waals surface area contributed by atoms with Gasteiger partial charge in [-0.2, -0.15) is 5.10 Å². The van der Waals surface area contributed by atoms with E-state index in [0.29, 0.717) is 51.6 Å². The van der Waals surface area contributed by atoms with Crippen molar-refractivity contribution in [2.45, 2.75) is 13.5 Å². The number of rotatable bonds is 4. The molecule has 0 saturated carbocycles. The number of nitrogens with zero attached hydrogens (tertiary/aromatic N) is 4. The van der Waals surface area contributed by atoms with Crippen molar-refractivity contribution in [2.75, 3.05) is 55.7 Å². The molecule has 0 spiro atoms. The van der Waals surface area contributed by atoms with E-state index in [1.165, 1.54) is 5.56 Å². The molecule has 0 unspecified atom stereocenters. The second kappa shape index (κ2) is 8.02. The molecule has 0 atom stereocenters. The highest BCUT2D eigenvalue weighted by Gasteiger charge is 2.28. The summed E-state index contributed by atoms with van der Waals surface area (Å²) in [6.45, 7) is 6.68. The molecule has 8 nitrogen and oxygen atoms in total. The SMILES string of the molecule is Cc1ccccc1CN1CCN(c2cn[nH]c(=O)c2N2CCOCC2)CC1=O. The first kappa shape index (κ1) is 18.5. The molecule has 0 radical (unpaired) electrons. The highest BCUT2D eigenvalue weighted by molar-refractivity contribution is 5.84. The Bertz CT molecular complexity index is 907. The maximum absolute atomic E-state index is 12.8. The quantitative estimate of drug-likeness (QED) is 0.840. The van der Waals surface area contributed by atoms with Gasteiger partial charge in [0.2, 0.25) is 5.91 Å². The van der Waals surface area contributed by atoms with Gasteiger partial charge in [0.15, 0.2) is 0 Å². The van der Waals surface area contributed by atoms with Crippen LogP contribution in [0.1, 0.15) is 11.1 Å². The molecular weight excluding hydrogens is 358 g/mol. The largest absolute Gasteiger partial charge is 0.378 e. The molecule has 28 heavy (non-hydrogen) atoms. The van der Waals surface area contributed by atoms with Gasteiger partial charge < -0.3 is 19.4 Å². The van der Waals surface area contributed by atoms with Crippen LogP contribution >= 0.6 is 0 Å². The van der Waals surface area contributed by atoms with Gasteiger partial charge in [-0.15, -0.1) is 0 Å². The zero-order chi connectivity index (χ0) is 19.5. The lowest BCUT2D eigenvalue weighted by Crippen LogP contribution is -2.51. The predicted octanol–water partition coefficient (Wildman–Crippen LogP) is 0.764. The molecule has 4 rings (SSSR count). The van der Waals surface area contributed by atoms with Gasteiger partial charge in [-0.25, -0.2) is 5.10 Å². The van der Waals surface area contributed by atoms with Gasteiger partial charge in [0.25, 0.3) is 5.56 Å². The Morgan fingerprint density at radius 2 is 1.86 bits per heavy atom. The van der Waals surface area contributed by atoms with E-state index >= 15 is 0 Å². The number of piperazine rings is 1. The molecule has 2 saturated heterocycles. The number of aromatic nitrogens is 2. The molecule has 0 aliphatic carbocycles. The second-order valence-electron chi connectivity index (χ2n) is 7.20. The minimum atomic E-state index is -0.228. The first-order valence-corrected chi connectivity index (χ1v) is 9.61. The van der Waals surface area contributed by atoms with Crippen LogP contribution in [-0.2, 0) is 16.1 Å².